The molecule has 2 atom stereocenters. The maximum atomic E-state index is 13.3. The van der Waals surface area contributed by atoms with Gasteiger partial charge in [0.2, 0.25) is 0 Å². The van der Waals surface area contributed by atoms with Gasteiger partial charge in [0.25, 0.3) is 0 Å². The molecule has 1 aliphatic heterocycles. The standard InChI is InChI=1S/C16H21F3N2/c17-16(18,19)13-6-2-1-5-12(13)15-14(20)7-3-4-10-21(15)11-8-9-11/h1-2,5-6,11,14-15H,3-4,7-10,20H2. The molecule has 2 nitrogen and oxygen atoms in total. The van der Waals surface area contributed by atoms with E-state index in [1.54, 1.807) is 12.1 Å². The van der Waals surface area contributed by atoms with E-state index >= 15 is 0 Å². The summed E-state index contributed by atoms with van der Waals surface area (Å²) < 4.78 is 39.9. The van der Waals surface area contributed by atoms with Gasteiger partial charge in [-0.3, -0.25) is 4.90 Å². The van der Waals surface area contributed by atoms with Crippen LogP contribution in [0.3, 0.4) is 0 Å². The van der Waals surface area contributed by atoms with Crippen molar-refractivity contribution >= 4 is 0 Å². The van der Waals surface area contributed by atoms with E-state index < -0.39 is 11.7 Å². The second kappa shape index (κ2) is 5.61. The maximum absolute atomic E-state index is 13.3. The molecular formula is C16H21F3N2. The number of halogens is 3. The van der Waals surface area contributed by atoms with E-state index in [9.17, 15) is 13.2 Å². The van der Waals surface area contributed by atoms with E-state index in [0.29, 0.717) is 11.6 Å². The van der Waals surface area contributed by atoms with Gasteiger partial charge in [-0.15, -0.1) is 0 Å². The zero-order valence-corrected chi connectivity index (χ0v) is 11.9. The van der Waals surface area contributed by atoms with Crippen LogP contribution in [0, 0.1) is 0 Å². The molecule has 2 fully saturated rings. The fraction of sp³-hybridized carbons (Fsp3) is 0.625. The third kappa shape index (κ3) is 3.09. The van der Waals surface area contributed by atoms with Gasteiger partial charge in [0.1, 0.15) is 0 Å². The van der Waals surface area contributed by atoms with Crippen LogP contribution < -0.4 is 5.73 Å². The van der Waals surface area contributed by atoms with E-state index in [2.05, 4.69) is 4.90 Å². The highest BCUT2D eigenvalue weighted by Gasteiger charge is 2.42. The number of nitrogens with zero attached hydrogens (tertiary/aromatic N) is 1. The van der Waals surface area contributed by atoms with Crippen molar-refractivity contribution < 1.29 is 13.2 Å². The molecule has 0 bridgehead atoms. The molecule has 1 aliphatic carbocycles. The monoisotopic (exact) mass is 298 g/mol. The highest BCUT2D eigenvalue weighted by Crippen LogP contribution is 2.42. The van der Waals surface area contributed by atoms with Crippen LogP contribution in [0.1, 0.15) is 49.3 Å². The van der Waals surface area contributed by atoms with Crippen LogP contribution in [0.4, 0.5) is 13.2 Å². The lowest BCUT2D eigenvalue weighted by Crippen LogP contribution is -2.41. The maximum Gasteiger partial charge on any atom is 0.416 e. The van der Waals surface area contributed by atoms with E-state index in [-0.39, 0.29) is 12.1 Å². The first-order chi connectivity index (χ1) is 9.98. The Labute approximate surface area is 123 Å². The van der Waals surface area contributed by atoms with Crippen molar-refractivity contribution in [2.75, 3.05) is 6.54 Å². The van der Waals surface area contributed by atoms with Gasteiger partial charge >= 0.3 is 6.18 Å². The summed E-state index contributed by atoms with van der Waals surface area (Å²) in [6.45, 7) is 0.856. The Bertz CT molecular complexity index is 497. The van der Waals surface area contributed by atoms with Gasteiger partial charge in [-0.05, 0) is 43.9 Å². The van der Waals surface area contributed by atoms with Crippen LogP contribution in [0.2, 0.25) is 0 Å². The van der Waals surface area contributed by atoms with E-state index in [0.717, 1.165) is 38.6 Å². The predicted octanol–water partition coefficient (Wildman–Crippen LogP) is 3.72. The molecule has 0 amide bonds. The number of alkyl halides is 3. The lowest BCUT2D eigenvalue weighted by atomic mass is 9.92. The fourth-order valence-corrected chi connectivity index (χ4v) is 3.46. The van der Waals surface area contributed by atoms with Crippen LogP contribution in [-0.2, 0) is 6.18 Å². The Morgan fingerprint density at radius 1 is 1.05 bits per heavy atom. The molecular weight excluding hydrogens is 277 g/mol. The number of rotatable bonds is 2. The summed E-state index contributed by atoms with van der Waals surface area (Å²) in [4.78, 5) is 2.22. The van der Waals surface area contributed by atoms with Gasteiger partial charge in [0.05, 0.1) is 11.6 Å². The molecule has 5 heteroatoms. The highest BCUT2D eigenvalue weighted by atomic mass is 19.4. The van der Waals surface area contributed by atoms with Gasteiger partial charge in [0.15, 0.2) is 0 Å². The van der Waals surface area contributed by atoms with E-state index in [4.69, 9.17) is 5.73 Å². The van der Waals surface area contributed by atoms with Gasteiger partial charge in [-0.25, -0.2) is 0 Å². The molecule has 2 unspecified atom stereocenters. The third-order valence-corrected chi connectivity index (χ3v) is 4.57. The van der Waals surface area contributed by atoms with Crippen molar-refractivity contribution in [3.05, 3.63) is 35.4 Å². The number of likely N-dealkylation sites (tertiary alicyclic amines) is 1. The summed E-state index contributed by atoms with van der Waals surface area (Å²) in [6.07, 6.45) is 0.649. The molecule has 1 heterocycles. The number of benzene rings is 1. The molecule has 0 spiro atoms. The Kier molecular flexibility index (Phi) is 3.97. The molecule has 1 saturated heterocycles. The van der Waals surface area contributed by atoms with Gasteiger partial charge in [-0.2, -0.15) is 13.2 Å². The summed E-state index contributed by atoms with van der Waals surface area (Å²) in [7, 11) is 0. The van der Waals surface area contributed by atoms with E-state index in [1.807, 2.05) is 0 Å². The van der Waals surface area contributed by atoms with Gasteiger partial charge in [-0.1, -0.05) is 24.6 Å². The largest absolute Gasteiger partial charge is 0.416 e. The minimum absolute atomic E-state index is 0.225. The molecule has 116 valence electrons. The summed E-state index contributed by atoms with van der Waals surface area (Å²) in [5.74, 6) is 0. The Morgan fingerprint density at radius 3 is 2.43 bits per heavy atom. The first-order valence-corrected chi connectivity index (χ1v) is 7.66. The van der Waals surface area contributed by atoms with Crippen LogP contribution in [0.5, 0.6) is 0 Å². The van der Waals surface area contributed by atoms with Crippen molar-refractivity contribution in [3.8, 4) is 0 Å². The topological polar surface area (TPSA) is 29.3 Å². The Morgan fingerprint density at radius 2 is 1.76 bits per heavy atom. The normalized spacial score (nSPS) is 28.4. The number of hydrogen-bond acceptors (Lipinski definition) is 2. The average molecular weight is 298 g/mol. The van der Waals surface area contributed by atoms with Crippen molar-refractivity contribution in [3.63, 3.8) is 0 Å². The molecule has 21 heavy (non-hydrogen) atoms. The summed E-state index contributed by atoms with van der Waals surface area (Å²) in [6, 6.07) is 5.81. The van der Waals surface area contributed by atoms with Crippen LogP contribution in [-0.4, -0.2) is 23.5 Å². The average Bonchev–Trinajstić information content (AvgIpc) is 3.24. The summed E-state index contributed by atoms with van der Waals surface area (Å²) in [5.41, 5.74) is 6.09. The smallest absolute Gasteiger partial charge is 0.326 e. The number of nitrogens with two attached hydrogens (primary N) is 1. The van der Waals surface area contributed by atoms with Crippen LogP contribution >= 0.6 is 0 Å². The minimum atomic E-state index is -4.32. The second-order valence-corrected chi connectivity index (χ2v) is 6.16. The van der Waals surface area contributed by atoms with Gasteiger partial charge < -0.3 is 5.73 Å². The van der Waals surface area contributed by atoms with Crippen molar-refractivity contribution in [1.82, 2.24) is 4.90 Å². The van der Waals surface area contributed by atoms with Crippen molar-refractivity contribution in [1.29, 1.82) is 0 Å². The van der Waals surface area contributed by atoms with Crippen LogP contribution in [0.25, 0.3) is 0 Å². The lowest BCUT2D eigenvalue weighted by Gasteiger charge is -2.35. The fourth-order valence-electron chi connectivity index (χ4n) is 3.46. The zero-order chi connectivity index (χ0) is 15.0. The molecule has 0 aromatic heterocycles. The Hall–Kier alpha value is -1.07. The quantitative estimate of drug-likeness (QED) is 0.901. The van der Waals surface area contributed by atoms with Crippen molar-refractivity contribution in [2.24, 2.45) is 5.73 Å². The third-order valence-electron chi connectivity index (χ3n) is 4.57. The molecule has 0 radical (unpaired) electrons. The van der Waals surface area contributed by atoms with E-state index in [1.165, 1.54) is 12.1 Å². The second-order valence-electron chi connectivity index (χ2n) is 6.16. The molecule has 3 rings (SSSR count). The van der Waals surface area contributed by atoms with Crippen LogP contribution in [0.15, 0.2) is 24.3 Å². The minimum Gasteiger partial charge on any atom is -0.326 e. The van der Waals surface area contributed by atoms with Crippen molar-refractivity contribution in [2.45, 2.75) is 56.4 Å². The predicted molar refractivity (Wildman–Crippen MR) is 75.7 cm³/mol. The highest BCUT2D eigenvalue weighted by molar-refractivity contribution is 5.34. The molecule has 1 aromatic rings. The summed E-state index contributed by atoms with van der Waals surface area (Å²) in [5, 5.41) is 0. The van der Waals surface area contributed by atoms with Gasteiger partial charge in [0, 0.05) is 12.1 Å². The first kappa shape index (κ1) is 14.9. The molecule has 1 saturated carbocycles. The summed E-state index contributed by atoms with van der Waals surface area (Å²) >= 11 is 0. The molecule has 2 N–H and O–H groups in total. The molecule has 1 aromatic carbocycles. The molecule has 2 aliphatic rings. The lowest BCUT2D eigenvalue weighted by molar-refractivity contribution is -0.138. The SMILES string of the molecule is NC1CCCCN(C2CC2)C1c1ccccc1C(F)(F)F. The Balaban J connectivity index is 2.02. The number of hydrogen-bond donors (Lipinski definition) is 1. The zero-order valence-electron chi connectivity index (χ0n) is 11.9. The first-order valence-electron chi connectivity index (χ1n) is 7.66.